The van der Waals surface area contributed by atoms with Crippen molar-refractivity contribution in [1.82, 2.24) is 0 Å². The van der Waals surface area contributed by atoms with Gasteiger partial charge in [-0.1, -0.05) is 137 Å². The van der Waals surface area contributed by atoms with Crippen LogP contribution >= 0.6 is 24.3 Å². The molecule has 0 spiro atoms. The van der Waals surface area contributed by atoms with Crippen molar-refractivity contribution in [2.45, 2.75) is 177 Å². The predicted octanol–water partition coefficient (Wildman–Crippen LogP) is 15.8. The zero-order valence-corrected chi connectivity index (χ0v) is 45.3. The van der Waals surface area contributed by atoms with Crippen LogP contribution in [-0.2, 0) is 22.7 Å². The minimum absolute atomic E-state index is 0.0136. The standard InChI is InChI=1S/C57H85O7P3/c1-37(2)46-28-24-41(9)32-52(46)61-65(62-53-33-42(10)25-29-47(53)38(3)4)59-50-20-14-16-22-56(50)67(58,45-18-12-11-13-19-45)57-23-17-15-21-51(57)60-66-63-54-35-43(26-30-48(54)39(5)6)34-44-27-31-49(40(7)8)55(36-44)64-66/h11-23,37-44,46-49,52-55H,24-36H2,1-10H3/t41-,42-,43+,44+,46+,47?,48+,49?,52-,53-,54-,55-,65?,66?,67?/m1/s1. The molecule has 1 saturated heterocycles. The Morgan fingerprint density at radius 2 is 0.955 bits per heavy atom. The summed E-state index contributed by atoms with van der Waals surface area (Å²) in [7, 11) is -7.44. The molecule has 8 rings (SSSR count). The predicted molar refractivity (Wildman–Crippen MR) is 279 cm³/mol. The van der Waals surface area contributed by atoms with Gasteiger partial charge >= 0.3 is 17.2 Å². The average molecular weight is 975 g/mol. The van der Waals surface area contributed by atoms with Crippen LogP contribution in [0, 0.1) is 71.0 Å². The molecule has 7 nitrogen and oxygen atoms in total. The van der Waals surface area contributed by atoms with Gasteiger partial charge in [0, 0.05) is 5.30 Å². The Morgan fingerprint density at radius 1 is 0.522 bits per heavy atom. The zero-order valence-electron chi connectivity index (χ0n) is 42.6. The summed E-state index contributed by atoms with van der Waals surface area (Å²) in [6, 6.07) is 25.8. The molecular formula is C57H85O7P3. The summed E-state index contributed by atoms with van der Waals surface area (Å²) in [4.78, 5) is 0. The van der Waals surface area contributed by atoms with Gasteiger partial charge in [-0.3, -0.25) is 18.1 Å². The molecule has 0 aromatic heterocycles. The third-order valence-corrected chi connectivity index (χ3v) is 22.5. The highest BCUT2D eigenvalue weighted by Crippen LogP contribution is 2.57. The lowest BCUT2D eigenvalue weighted by Crippen LogP contribution is -2.40. The van der Waals surface area contributed by atoms with Crippen LogP contribution in [0.25, 0.3) is 0 Å². The van der Waals surface area contributed by atoms with Crippen LogP contribution < -0.4 is 25.0 Å². The highest BCUT2D eigenvalue weighted by Gasteiger charge is 2.45. The maximum atomic E-state index is 17.0. The van der Waals surface area contributed by atoms with Crippen LogP contribution in [-0.4, -0.2) is 24.4 Å². The summed E-state index contributed by atoms with van der Waals surface area (Å²) in [5.41, 5.74) is 0. The van der Waals surface area contributed by atoms with Crippen molar-refractivity contribution in [1.29, 1.82) is 0 Å². The van der Waals surface area contributed by atoms with Crippen molar-refractivity contribution in [3.05, 3.63) is 78.9 Å². The average Bonchev–Trinajstić information content (AvgIpc) is 3.29. The molecule has 1 aliphatic heterocycles. The lowest BCUT2D eigenvalue weighted by Gasteiger charge is -2.45. The van der Waals surface area contributed by atoms with Crippen LogP contribution in [0.4, 0.5) is 0 Å². The van der Waals surface area contributed by atoms with Crippen molar-refractivity contribution in [2.75, 3.05) is 0 Å². The van der Waals surface area contributed by atoms with E-state index in [1.807, 2.05) is 78.9 Å². The summed E-state index contributed by atoms with van der Waals surface area (Å²) >= 11 is 0. The van der Waals surface area contributed by atoms with Crippen LogP contribution in [0.3, 0.4) is 0 Å². The van der Waals surface area contributed by atoms with Gasteiger partial charge in [0.05, 0.1) is 35.0 Å². The first-order valence-corrected chi connectivity index (χ1v) is 30.6. The molecule has 15 atom stereocenters. The summed E-state index contributed by atoms with van der Waals surface area (Å²) in [5.74, 6) is 7.13. The lowest BCUT2D eigenvalue weighted by molar-refractivity contribution is -0.0271. The van der Waals surface area contributed by atoms with E-state index in [9.17, 15) is 0 Å². The van der Waals surface area contributed by atoms with E-state index in [-0.39, 0.29) is 24.4 Å². The van der Waals surface area contributed by atoms with E-state index >= 15 is 4.57 Å². The van der Waals surface area contributed by atoms with E-state index in [2.05, 4.69) is 69.2 Å². The molecule has 3 aromatic carbocycles. The Kier molecular flexibility index (Phi) is 17.8. The zero-order chi connectivity index (χ0) is 47.4. The van der Waals surface area contributed by atoms with Crippen LogP contribution in [0.5, 0.6) is 11.5 Å². The summed E-state index contributed by atoms with van der Waals surface area (Å²) in [5, 5.41) is 1.93. The number of rotatable bonds is 15. The molecular weight excluding hydrogens is 890 g/mol. The largest absolute Gasteiger partial charge is 0.426 e. The Morgan fingerprint density at radius 3 is 1.45 bits per heavy atom. The Bertz CT molecular complexity index is 1990. The van der Waals surface area contributed by atoms with Gasteiger partial charge in [0.25, 0.3) is 0 Å². The van der Waals surface area contributed by atoms with Gasteiger partial charge in [-0.15, -0.1) is 0 Å². The van der Waals surface area contributed by atoms with E-state index in [1.54, 1.807) is 0 Å². The van der Waals surface area contributed by atoms with Gasteiger partial charge in [-0.25, -0.2) is 0 Å². The Hall–Kier alpha value is -1.81. The van der Waals surface area contributed by atoms with Crippen molar-refractivity contribution in [2.24, 2.45) is 71.0 Å². The van der Waals surface area contributed by atoms with E-state index in [4.69, 9.17) is 27.1 Å². The van der Waals surface area contributed by atoms with Crippen LogP contribution in [0.2, 0.25) is 0 Å². The topological polar surface area (TPSA) is 72.5 Å². The molecule has 4 bridgehead atoms. The monoisotopic (exact) mass is 975 g/mol. The van der Waals surface area contributed by atoms with Crippen molar-refractivity contribution in [3.63, 3.8) is 0 Å². The molecule has 4 aliphatic carbocycles. The first-order valence-electron chi connectivity index (χ1n) is 26.7. The minimum Gasteiger partial charge on any atom is -0.426 e. The number of benzene rings is 3. The Balaban J connectivity index is 1.19. The molecule has 5 aliphatic rings. The molecule has 0 N–H and O–H groups in total. The maximum Gasteiger partial charge on any atom is 0.397 e. The number of hydrogen-bond donors (Lipinski definition) is 0. The molecule has 10 heteroatoms. The third kappa shape index (κ3) is 12.3. The fraction of sp³-hybridized carbons (Fsp3) is 0.684. The van der Waals surface area contributed by atoms with E-state index in [1.165, 1.54) is 44.9 Å². The summed E-state index contributed by atoms with van der Waals surface area (Å²) in [6.07, 6.45) is 15.0. The highest BCUT2D eigenvalue weighted by molar-refractivity contribution is 7.85. The smallest absolute Gasteiger partial charge is 0.397 e. The van der Waals surface area contributed by atoms with Gasteiger partial charge in [0.1, 0.15) is 11.5 Å². The summed E-state index contributed by atoms with van der Waals surface area (Å²) < 4.78 is 60.4. The maximum absolute atomic E-state index is 17.0. The second-order valence-electron chi connectivity index (χ2n) is 23.1. The van der Waals surface area contributed by atoms with Crippen molar-refractivity contribution < 1.29 is 31.7 Å². The van der Waals surface area contributed by atoms with Gasteiger partial charge in [-0.05, 0) is 166 Å². The third-order valence-electron chi connectivity index (χ3n) is 17.0. The van der Waals surface area contributed by atoms with Gasteiger partial charge in [0.2, 0.25) is 0 Å². The normalized spacial score (nSPS) is 34.1. The van der Waals surface area contributed by atoms with Crippen LogP contribution in [0.1, 0.15) is 153 Å². The summed E-state index contributed by atoms with van der Waals surface area (Å²) in [6.45, 7) is 23.3. The quantitative estimate of drug-likeness (QED) is 0.141. The minimum atomic E-state index is -3.72. The van der Waals surface area contributed by atoms with Gasteiger partial charge < -0.3 is 13.6 Å². The molecule has 0 amide bonds. The molecule has 1 heterocycles. The van der Waals surface area contributed by atoms with Gasteiger partial charge in [-0.2, -0.15) is 0 Å². The molecule has 0 radical (unpaired) electrons. The SMILES string of the molecule is CC(C)C1CC[C@@H](C)C[C@H]1OP(Oc1ccccc1P(=O)(c1ccccc1)c1ccccc1OP1O[C@@H]2C[C@@H](CCC2C(C)C)C[C@@H]2CC[C@@H](C(C)C)[C@@H](C2)O1)O[C@@H]1C[C@H](C)CC[C@H]1C(C)C. The van der Waals surface area contributed by atoms with Crippen molar-refractivity contribution in [3.8, 4) is 11.5 Å². The molecule has 5 fully saturated rings. The van der Waals surface area contributed by atoms with Crippen molar-refractivity contribution >= 4 is 40.3 Å². The second kappa shape index (κ2) is 23.2. The lowest BCUT2D eigenvalue weighted by atomic mass is 9.68. The Labute approximate surface area is 408 Å². The molecule has 3 aromatic rings. The number of hydrogen-bond acceptors (Lipinski definition) is 7. The van der Waals surface area contributed by atoms with E-state index in [0.717, 1.165) is 38.5 Å². The molecule has 67 heavy (non-hydrogen) atoms. The first-order chi connectivity index (χ1) is 32.2. The first kappa shape index (κ1) is 51.5. The highest BCUT2D eigenvalue weighted by atomic mass is 31.2. The molecule has 5 unspecified atom stereocenters. The number of fused-ring (bicyclic) bond motifs is 4. The van der Waals surface area contributed by atoms with Crippen LogP contribution in [0.15, 0.2) is 78.9 Å². The fourth-order valence-corrected chi connectivity index (χ4v) is 18.8. The molecule has 370 valence electrons. The second-order valence-corrected chi connectivity index (χ2v) is 27.9. The molecule has 4 saturated carbocycles. The van der Waals surface area contributed by atoms with E-state index in [0.29, 0.717) is 98.4 Å². The van der Waals surface area contributed by atoms with Gasteiger partial charge in [0.15, 0.2) is 7.14 Å². The number of para-hydroxylation sites is 2. The fourth-order valence-electron chi connectivity index (χ4n) is 13.0. The van der Waals surface area contributed by atoms with E-state index < -0.39 is 24.3 Å².